The van der Waals surface area contributed by atoms with E-state index in [1.165, 1.54) is 16.2 Å². The summed E-state index contributed by atoms with van der Waals surface area (Å²) in [7, 11) is 0. The van der Waals surface area contributed by atoms with Gasteiger partial charge in [0.2, 0.25) is 17.6 Å². The molecule has 1 saturated heterocycles. The fraction of sp³-hybridized carbons (Fsp3) is 0.281. The van der Waals surface area contributed by atoms with E-state index in [-0.39, 0.29) is 56.5 Å². The van der Waals surface area contributed by atoms with Crippen molar-refractivity contribution in [1.82, 2.24) is 4.98 Å². The van der Waals surface area contributed by atoms with Gasteiger partial charge in [-0.15, -0.1) is 11.3 Å². The van der Waals surface area contributed by atoms with Crippen LogP contribution in [0.15, 0.2) is 58.4 Å². The summed E-state index contributed by atoms with van der Waals surface area (Å²) < 4.78 is 6.06. The topological polar surface area (TPSA) is 93.6 Å². The minimum atomic E-state index is -0.668. The molecule has 2 amide bonds. The Morgan fingerprint density at radius 2 is 1.70 bits per heavy atom. The molecule has 4 aromatic rings. The second-order valence-corrected chi connectivity index (χ2v) is 15.6. The van der Waals surface area contributed by atoms with Crippen LogP contribution >= 0.6 is 70.7 Å². The minimum Gasteiger partial charge on any atom is -0.454 e. The van der Waals surface area contributed by atoms with E-state index < -0.39 is 12.6 Å². The fourth-order valence-corrected chi connectivity index (χ4v) is 10.1. The number of aromatic nitrogens is 1. The number of carbonyl (C=O) groups excluding carboxylic acids is 4. The number of ketones is 1. The van der Waals surface area contributed by atoms with E-state index in [2.05, 4.69) is 47.8 Å². The Hall–Kier alpha value is -2.44. The van der Waals surface area contributed by atoms with Gasteiger partial charge in [-0.1, -0.05) is 61.7 Å². The van der Waals surface area contributed by atoms with E-state index >= 15 is 0 Å². The van der Waals surface area contributed by atoms with Crippen LogP contribution < -0.4 is 4.90 Å². The molecule has 0 radical (unpaired) electrons. The fourth-order valence-electron chi connectivity index (χ4n) is 6.88. The number of carbonyl (C=O) groups is 4. The van der Waals surface area contributed by atoms with Crippen molar-refractivity contribution in [3.63, 3.8) is 0 Å². The molecule has 7 rings (SSSR count). The summed E-state index contributed by atoms with van der Waals surface area (Å²) in [5.41, 5.74) is 3.06. The van der Waals surface area contributed by atoms with Gasteiger partial charge in [0, 0.05) is 25.1 Å². The van der Waals surface area contributed by atoms with E-state index in [0.29, 0.717) is 47.8 Å². The highest BCUT2D eigenvalue weighted by Gasteiger charge is 2.66. The highest BCUT2D eigenvalue weighted by atomic mass is 79.9. The van der Waals surface area contributed by atoms with Gasteiger partial charge in [-0.3, -0.25) is 19.3 Å². The Balaban J connectivity index is 1.21. The zero-order valence-corrected chi connectivity index (χ0v) is 29.3. The number of halogens is 4. The highest BCUT2D eigenvalue weighted by Crippen LogP contribution is 2.60. The lowest BCUT2D eigenvalue weighted by molar-refractivity contribution is -0.123. The number of ether oxygens (including phenoxy) is 1. The van der Waals surface area contributed by atoms with Gasteiger partial charge in [-0.2, -0.15) is 0 Å². The van der Waals surface area contributed by atoms with E-state index in [0.717, 1.165) is 6.42 Å². The Morgan fingerprint density at radius 1 is 1.05 bits per heavy atom. The molecular weight excluding hydrogens is 800 g/mol. The summed E-state index contributed by atoms with van der Waals surface area (Å²) in [5.74, 6) is -1.60. The van der Waals surface area contributed by atoms with Crippen molar-refractivity contribution in [1.29, 1.82) is 0 Å². The predicted octanol–water partition coefficient (Wildman–Crippen LogP) is 8.01. The number of Topliss-reactive ketones (excluding diaryl/α,β-unsaturated/α-hetero) is 1. The number of amides is 2. The molecular formula is C32H22Br3ClN2O5S. The van der Waals surface area contributed by atoms with E-state index in [9.17, 15) is 19.2 Å². The molecule has 1 aliphatic heterocycles. The van der Waals surface area contributed by atoms with Gasteiger partial charge >= 0.3 is 5.97 Å². The Morgan fingerprint density at radius 3 is 2.32 bits per heavy atom. The number of hydrogen-bond acceptors (Lipinski definition) is 7. The molecule has 3 heterocycles. The third-order valence-corrected chi connectivity index (χ3v) is 14.4. The predicted molar refractivity (Wildman–Crippen MR) is 180 cm³/mol. The normalized spacial score (nSPS) is 25.6. The number of esters is 1. The average Bonchev–Trinajstić information content (AvgIpc) is 3.80. The highest BCUT2D eigenvalue weighted by molar-refractivity contribution is 9.12. The number of nitrogens with zero attached hydrogens (tertiary/aromatic N) is 2. The summed E-state index contributed by atoms with van der Waals surface area (Å²) in [6.45, 7) is 1.42. The Labute approximate surface area is 286 Å². The first-order valence-corrected chi connectivity index (χ1v) is 17.7. The van der Waals surface area contributed by atoms with E-state index in [4.69, 9.17) is 21.3 Å². The molecule has 0 N–H and O–H groups in total. The molecule has 6 atom stereocenters. The van der Waals surface area contributed by atoms with Crippen molar-refractivity contribution in [2.75, 3.05) is 11.5 Å². The molecule has 2 bridgehead atoms. The molecule has 44 heavy (non-hydrogen) atoms. The number of fused-ring (bicyclic) bond motifs is 6. The first-order valence-electron chi connectivity index (χ1n) is 13.9. The zero-order valence-electron chi connectivity index (χ0n) is 22.9. The standard InChI is InChI=1S/C32H22Br3ClN2O5S/c1-13-28(36)20(33)10-16-17(32(42)43-12-22(39)23-3-2-8-44-23)11-21(37-29(13)16)14-4-6-15(7-5-14)38-30(40)24-18-9-19(25(24)31(38)41)27(35)26(18)34/h2-8,10-11,18-19,24-27H,9,12H2,1H3. The lowest BCUT2D eigenvalue weighted by Gasteiger charge is -2.28. The number of benzene rings is 2. The van der Waals surface area contributed by atoms with Crippen LogP contribution in [0.3, 0.4) is 0 Å². The maximum absolute atomic E-state index is 13.5. The number of aryl methyl sites for hydroxylation is 1. The molecule has 2 aromatic heterocycles. The second-order valence-electron chi connectivity index (χ2n) is 11.3. The lowest BCUT2D eigenvalue weighted by Crippen LogP contribution is -2.37. The number of thiophene rings is 1. The molecule has 224 valence electrons. The first kappa shape index (κ1) is 30.2. The smallest absolute Gasteiger partial charge is 0.339 e. The van der Waals surface area contributed by atoms with Gasteiger partial charge in [-0.05, 0) is 82.4 Å². The molecule has 2 aliphatic carbocycles. The number of alkyl halides is 2. The van der Waals surface area contributed by atoms with Crippen LogP contribution in [-0.4, -0.2) is 44.8 Å². The van der Waals surface area contributed by atoms with Gasteiger partial charge in [0.1, 0.15) is 0 Å². The Kier molecular flexibility index (Phi) is 7.84. The number of rotatable bonds is 6. The molecule has 3 fully saturated rings. The number of anilines is 1. The molecule has 3 aliphatic rings. The summed E-state index contributed by atoms with van der Waals surface area (Å²) >= 11 is 18.7. The molecule has 2 saturated carbocycles. The van der Waals surface area contributed by atoms with Crippen LogP contribution in [0, 0.1) is 30.6 Å². The summed E-state index contributed by atoms with van der Waals surface area (Å²) in [4.78, 5) is 59.9. The average molecular weight is 822 g/mol. The molecule has 12 heteroatoms. The Bertz CT molecular complexity index is 1850. The first-order chi connectivity index (χ1) is 21.1. The number of hydrogen-bond donors (Lipinski definition) is 0. The van der Waals surface area contributed by atoms with Crippen LogP contribution in [-0.2, 0) is 14.3 Å². The van der Waals surface area contributed by atoms with Gasteiger partial charge in [0.05, 0.1) is 44.2 Å². The molecule has 6 unspecified atom stereocenters. The summed E-state index contributed by atoms with van der Waals surface area (Å²) in [6, 6.07) is 13.8. The number of imide groups is 1. The van der Waals surface area contributed by atoms with E-state index in [1.807, 2.05) is 6.92 Å². The van der Waals surface area contributed by atoms with Gasteiger partial charge in [-0.25, -0.2) is 9.78 Å². The van der Waals surface area contributed by atoms with Crippen molar-refractivity contribution >= 4 is 111 Å². The monoisotopic (exact) mass is 818 g/mol. The zero-order chi connectivity index (χ0) is 31.0. The van der Waals surface area contributed by atoms with Crippen molar-refractivity contribution in [2.24, 2.45) is 23.7 Å². The van der Waals surface area contributed by atoms with Gasteiger partial charge < -0.3 is 4.74 Å². The second kappa shape index (κ2) is 11.4. The van der Waals surface area contributed by atoms with Crippen LogP contribution in [0.2, 0.25) is 5.02 Å². The van der Waals surface area contributed by atoms with Gasteiger partial charge in [0.25, 0.3) is 0 Å². The number of pyridine rings is 1. The van der Waals surface area contributed by atoms with Crippen LogP contribution in [0.5, 0.6) is 0 Å². The quantitative estimate of drug-likeness (QED) is 0.0848. The van der Waals surface area contributed by atoms with Crippen LogP contribution in [0.25, 0.3) is 22.2 Å². The van der Waals surface area contributed by atoms with E-state index in [1.54, 1.807) is 53.9 Å². The van der Waals surface area contributed by atoms with Crippen molar-refractivity contribution < 1.29 is 23.9 Å². The largest absolute Gasteiger partial charge is 0.454 e. The maximum atomic E-state index is 13.5. The van der Waals surface area contributed by atoms with Crippen LogP contribution in [0.1, 0.15) is 32.0 Å². The molecule has 2 aromatic carbocycles. The lowest BCUT2D eigenvalue weighted by atomic mass is 9.81. The van der Waals surface area contributed by atoms with Crippen molar-refractivity contribution in [3.8, 4) is 11.3 Å². The van der Waals surface area contributed by atoms with Gasteiger partial charge in [0.15, 0.2) is 6.61 Å². The van der Waals surface area contributed by atoms with Crippen molar-refractivity contribution in [2.45, 2.75) is 23.0 Å². The third kappa shape index (κ3) is 4.73. The van der Waals surface area contributed by atoms with Crippen LogP contribution in [0.4, 0.5) is 5.69 Å². The SMILES string of the molecule is Cc1c(Cl)c(Br)cc2c(C(=O)OCC(=O)c3cccs3)cc(-c3ccc(N4C(=O)C5C6CC(C(Br)C6Br)C5C4=O)cc3)nc12. The summed E-state index contributed by atoms with van der Waals surface area (Å²) in [5, 5.41) is 2.78. The molecule has 0 spiro atoms. The maximum Gasteiger partial charge on any atom is 0.339 e. The van der Waals surface area contributed by atoms with Crippen molar-refractivity contribution in [3.05, 3.63) is 79.4 Å². The molecule has 7 nitrogen and oxygen atoms in total. The third-order valence-electron chi connectivity index (χ3n) is 8.98. The minimum absolute atomic E-state index is 0.130. The summed E-state index contributed by atoms with van der Waals surface area (Å²) in [6.07, 6.45) is 0.867.